The molecule has 2 aromatic carbocycles. The highest BCUT2D eigenvalue weighted by molar-refractivity contribution is 8.00. The molecule has 0 spiro atoms. The maximum absolute atomic E-state index is 12.2. The highest BCUT2D eigenvalue weighted by Crippen LogP contribution is 2.52. The lowest BCUT2D eigenvalue weighted by atomic mass is 10.1. The van der Waals surface area contributed by atoms with E-state index < -0.39 is 0 Å². The van der Waals surface area contributed by atoms with E-state index in [1.54, 1.807) is 6.92 Å². The molecule has 20 heavy (non-hydrogen) atoms. The Bertz CT molecular complexity index is 697. The Morgan fingerprint density at radius 3 is 2.75 bits per heavy atom. The van der Waals surface area contributed by atoms with Crippen LogP contribution in [-0.4, -0.2) is 11.2 Å². The highest BCUT2D eigenvalue weighted by Gasteiger charge is 2.42. The van der Waals surface area contributed by atoms with E-state index in [1.807, 2.05) is 28.8 Å². The molecule has 0 radical (unpaired) electrons. The van der Waals surface area contributed by atoms with Gasteiger partial charge < -0.3 is 4.90 Å². The van der Waals surface area contributed by atoms with Crippen molar-refractivity contribution in [2.24, 2.45) is 0 Å². The van der Waals surface area contributed by atoms with Crippen molar-refractivity contribution in [1.29, 1.82) is 0 Å². The van der Waals surface area contributed by atoms with Gasteiger partial charge >= 0.3 is 0 Å². The largest absolute Gasteiger partial charge is 0.303 e. The van der Waals surface area contributed by atoms with Gasteiger partial charge in [-0.1, -0.05) is 36.4 Å². The Hall–Kier alpha value is -1.74. The molecule has 1 amide bonds. The first-order valence-electron chi connectivity index (χ1n) is 6.89. The number of para-hydroxylation sites is 1. The first-order chi connectivity index (χ1) is 9.75. The van der Waals surface area contributed by atoms with Crippen molar-refractivity contribution in [2.45, 2.75) is 29.5 Å². The summed E-state index contributed by atoms with van der Waals surface area (Å²) >= 11 is 1.91. The van der Waals surface area contributed by atoms with Gasteiger partial charge in [0.1, 0.15) is 0 Å². The fourth-order valence-electron chi connectivity index (χ4n) is 3.38. The molecule has 1 heterocycles. The third-order valence-electron chi connectivity index (χ3n) is 4.17. The van der Waals surface area contributed by atoms with Crippen molar-refractivity contribution in [1.82, 2.24) is 0 Å². The van der Waals surface area contributed by atoms with Crippen LogP contribution in [0, 0.1) is 0 Å². The van der Waals surface area contributed by atoms with E-state index in [1.165, 1.54) is 16.0 Å². The summed E-state index contributed by atoms with van der Waals surface area (Å²) in [6.07, 6.45) is 1.05. The van der Waals surface area contributed by atoms with Gasteiger partial charge in [-0.05, 0) is 29.7 Å². The molecular formula is C17H15NOS. The van der Waals surface area contributed by atoms with Crippen molar-refractivity contribution in [2.75, 3.05) is 4.90 Å². The fourth-order valence-corrected chi connectivity index (χ4v) is 4.81. The third kappa shape index (κ3) is 1.63. The molecular weight excluding hydrogens is 266 g/mol. The van der Waals surface area contributed by atoms with Gasteiger partial charge in [-0.2, -0.15) is 0 Å². The first kappa shape index (κ1) is 12.0. The molecule has 1 aliphatic carbocycles. The van der Waals surface area contributed by atoms with Crippen molar-refractivity contribution in [3.63, 3.8) is 0 Å². The van der Waals surface area contributed by atoms with Crippen molar-refractivity contribution in [3.8, 4) is 0 Å². The minimum atomic E-state index is 0.129. The summed E-state index contributed by atoms with van der Waals surface area (Å²) < 4.78 is 0. The van der Waals surface area contributed by atoms with Crippen LogP contribution in [0.2, 0.25) is 0 Å². The van der Waals surface area contributed by atoms with E-state index in [-0.39, 0.29) is 11.9 Å². The molecule has 2 aromatic rings. The summed E-state index contributed by atoms with van der Waals surface area (Å²) in [6.45, 7) is 1.67. The highest BCUT2D eigenvalue weighted by atomic mass is 32.2. The lowest BCUT2D eigenvalue weighted by Gasteiger charge is -2.38. The van der Waals surface area contributed by atoms with Gasteiger partial charge in [-0.25, -0.2) is 0 Å². The summed E-state index contributed by atoms with van der Waals surface area (Å²) in [5.41, 5.74) is 3.76. The molecule has 0 saturated carbocycles. The second-order valence-corrected chi connectivity index (χ2v) is 6.64. The Balaban J connectivity index is 1.90. The van der Waals surface area contributed by atoms with Crippen molar-refractivity contribution >= 4 is 23.4 Å². The normalized spacial score (nSPS) is 22.9. The average Bonchev–Trinajstić information content (AvgIpc) is 2.82. The van der Waals surface area contributed by atoms with Gasteiger partial charge in [0.15, 0.2) is 0 Å². The van der Waals surface area contributed by atoms with Gasteiger partial charge in [0.05, 0.1) is 11.7 Å². The number of benzene rings is 2. The Labute approximate surface area is 122 Å². The quantitative estimate of drug-likeness (QED) is 0.732. The van der Waals surface area contributed by atoms with E-state index >= 15 is 0 Å². The zero-order valence-electron chi connectivity index (χ0n) is 11.2. The van der Waals surface area contributed by atoms with Gasteiger partial charge in [0.25, 0.3) is 0 Å². The van der Waals surface area contributed by atoms with Crippen LogP contribution < -0.4 is 4.90 Å². The zero-order valence-corrected chi connectivity index (χ0v) is 12.1. The SMILES string of the molecule is CC(=O)N1c2ccccc2SC2Cc3ccccc3C21. The van der Waals surface area contributed by atoms with Crippen LogP contribution in [-0.2, 0) is 11.2 Å². The lowest BCUT2D eigenvalue weighted by Crippen LogP contribution is -2.39. The summed E-state index contributed by atoms with van der Waals surface area (Å²) in [7, 11) is 0. The molecule has 2 atom stereocenters. The second kappa shape index (κ2) is 4.38. The number of hydrogen-bond acceptors (Lipinski definition) is 2. The molecule has 0 fully saturated rings. The molecule has 3 heteroatoms. The maximum Gasteiger partial charge on any atom is 0.224 e. The predicted molar refractivity (Wildman–Crippen MR) is 82.1 cm³/mol. The topological polar surface area (TPSA) is 20.3 Å². The predicted octanol–water partition coefficient (Wildman–Crippen LogP) is 3.81. The number of amides is 1. The van der Waals surface area contributed by atoms with Crippen molar-refractivity contribution < 1.29 is 4.79 Å². The van der Waals surface area contributed by atoms with Crippen LogP contribution in [0.15, 0.2) is 53.4 Å². The minimum Gasteiger partial charge on any atom is -0.303 e. The number of hydrogen-bond donors (Lipinski definition) is 0. The molecule has 2 aliphatic rings. The molecule has 0 bridgehead atoms. The minimum absolute atomic E-state index is 0.129. The number of thioether (sulfide) groups is 1. The molecule has 4 rings (SSSR count). The molecule has 1 aliphatic heterocycles. The Kier molecular flexibility index (Phi) is 2.64. The fraction of sp³-hybridized carbons (Fsp3) is 0.235. The van der Waals surface area contributed by atoms with Crippen LogP contribution in [0.1, 0.15) is 24.1 Å². The van der Waals surface area contributed by atoms with E-state index in [9.17, 15) is 4.79 Å². The smallest absolute Gasteiger partial charge is 0.224 e. The molecule has 0 N–H and O–H groups in total. The van der Waals surface area contributed by atoms with E-state index in [0.29, 0.717) is 5.25 Å². The number of carbonyl (C=O) groups excluding carboxylic acids is 1. The molecule has 2 nitrogen and oxygen atoms in total. The van der Waals surface area contributed by atoms with E-state index in [4.69, 9.17) is 0 Å². The van der Waals surface area contributed by atoms with Crippen molar-refractivity contribution in [3.05, 3.63) is 59.7 Å². The summed E-state index contributed by atoms with van der Waals surface area (Å²) in [4.78, 5) is 15.4. The van der Waals surface area contributed by atoms with Gasteiger partial charge in [0.2, 0.25) is 5.91 Å². The Morgan fingerprint density at radius 1 is 1.15 bits per heavy atom. The lowest BCUT2D eigenvalue weighted by molar-refractivity contribution is -0.117. The number of fused-ring (bicyclic) bond motifs is 4. The molecule has 100 valence electrons. The number of carbonyl (C=O) groups is 1. The van der Waals surface area contributed by atoms with Gasteiger partial charge in [0, 0.05) is 17.1 Å². The first-order valence-corrected chi connectivity index (χ1v) is 7.77. The van der Waals surface area contributed by atoms with Crippen LogP contribution in [0.5, 0.6) is 0 Å². The number of anilines is 1. The third-order valence-corrected chi connectivity index (χ3v) is 5.49. The monoisotopic (exact) mass is 281 g/mol. The van der Waals surface area contributed by atoms with E-state index in [2.05, 4.69) is 36.4 Å². The van der Waals surface area contributed by atoms with E-state index in [0.717, 1.165) is 12.1 Å². The van der Waals surface area contributed by atoms with Crippen LogP contribution in [0.3, 0.4) is 0 Å². The van der Waals surface area contributed by atoms with Gasteiger partial charge in [-0.3, -0.25) is 4.79 Å². The standard InChI is InChI=1S/C17H15NOS/c1-11(19)18-14-8-4-5-9-15(14)20-16-10-12-6-2-3-7-13(12)17(16)18/h2-9,16-17H,10H2,1H3. The van der Waals surface area contributed by atoms with Crippen LogP contribution >= 0.6 is 11.8 Å². The summed E-state index contributed by atoms with van der Waals surface area (Å²) in [5, 5.41) is 0.436. The Morgan fingerprint density at radius 2 is 1.90 bits per heavy atom. The molecule has 0 saturated heterocycles. The summed E-state index contributed by atoms with van der Waals surface area (Å²) in [6, 6.07) is 16.9. The van der Waals surface area contributed by atoms with Gasteiger partial charge in [-0.15, -0.1) is 11.8 Å². The molecule has 0 aromatic heterocycles. The van der Waals surface area contributed by atoms with Crippen LogP contribution in [0.4, 0.5) is 5.69 Å². The van der Waals surface area contributed by atoms with Crippen LogP contribution in [0.25, 0.3) is 0 Å². The maximum atomic E-state index is 12.2. The number of nitrogens with zero attached hydrogens (tertiary/aromatic N) is 1. The number of rotatable bonds is 0. The zero-order chi connectivity index (χ0) is 13.7. The molecule has 2 unspecified atom stereocenters. The average molecular weight is 281 g/mol. The second-order valence-electron chi connectivity index (χ2n) is 5.36. The summed E-state index contributed by atoms with van der Waals surface area (Å²) in [5.74, 6) is 0.129.